The molecule has 12 rings (SSSR count). The minimum Gasteiger partial charge on any atom is -0.311 e. The SMILES string of the molecule is c1ccc(N(c2ccccc2)c2ccc(N(c3ccc(-c4ccc5sc6ccccc6c5c4)cc3)c3ccc4c(c3)c3ccccc3c3c5ccccc5sc43)cc2)cc1. The Balaban J connectivity index is 1.02. The molecule has 0 bridgehead atoms. The molecular formula is C56H36N2S2. The molecule has 0 aliphatic rings. The molecule has 0 saturated carbocycles. The van der Waals surface area contributed by atoms with Gasteiger partial charge < -0.3 is 9.80 Å². The van der Waals surface area contributed by atoms with Gasteiger partial charge in [-0.15, -0.1) is 22.7 Å². The molecule has 2 nitrogen and oxygen atoms in total. The van der Waals surface area contributed by atoms with Crippen LogP contribution in [-0.4, -0.2) is 0 Å². The van der Waals surface area contributed by atoms with E-state index in [9.17, 15) is 0 Å². The third-order valence-electron chi connectivity index (χ3n) is 11.8. The van der Waals surface area contributed by atoms with Gasteiger partial charge in [-0.05, 0) is 124 Å². The van der Waals surface area contributed by atoms with Crippen LogP contribution in [0.1, 0.15) is 0 Å². The average Bonchev–Trinajstić information content (AvgIpc) is 3.90. The Labute approximate surface area is 356 Å². The molecule has 0 saturated heterocycles. The molecule has 60 heavy (non-hydrogen) atoms. The molecular weight excluding hydrogens is 765 g/mol. The summed E-state index contributed by atoms with van der Waals surface area (Å²) in [6.45, 7) is 0. The van der Waals surface area contributed by atoms with Crippen molar-refractivity contribution in [2.45, 2.75) is 0 Å². The molecule has 0 radical (unpaired) electrons. The second-order valence-corrected chi connectivity index (χ2v) is 17.4. The van der Waals surface area contributed by atoms with Crippen molar-refractivity contribution in [1.29, 1.82) is 0 Å². The van der Waals surface area contributed by atoms with Crippen molar-refractivity contribution < 1.29 is 0 Å². The molecule has 2 aromatic heterocycles. The van der Waals surface area contributed by atoms with E-state index in [-0.39, 0.29) is 0 Å². The maximum absolute atomic E-state index is 2.40. The molecule has 0 atom stereocenters. The molecule has 12 aromatic rings. The largest absolute Gasteiger partial charge is 0.311 e. The number of fused-ring (bicyclic) bond motifs is 11. The molecule has 0 amide bonds. The van der Waals surface area contributed by atoms with E-state index in [1.807, 2.05) is 22.7 Å². The number of para-hydroxylation sites is 2. The van der Waals surface area contributed by atoms with E-state index in [1.165, 1.54) is 73.0 Å². The van der Waals surface area contributed by atoms with Crippen LogP contribution < -0.4 is 9.80 Å². The van der Waals surface area contributed by atoms with Crippen LogP contribution in [0.15, 0.2) is 218 Å². The predicted molar refractivity (Wildman–Crippen MR) is 262 cm³/mol. The second kappa shape index (κ2) is 14.2. The maximum atomic E-state index is 2.40. The fourth-order valence-electron chi connectivity index (χ4n) is 9.04. The lowest BCUT2D eigenvalue weighted by Crippen LogP contribution is -2.12. The van der Waals surface area contributed by atoms with Gasteiger partial charge in [0.15, 0.2) is 0 Å². The molecule has 0 N–H and O–H groups in total. The van der Waals surface area contributed by atoms with Crippen LogP contribution in [0.2, 0.25) is 0 Å². The zero-order chi connectivity index (χ0) is 39.6. The first-order chi connectivity index (χ1) is 29.7. The van der Waals surface area contributed by atoms with Crippen LogP contribution in [0.5, 0.6) is 0 Å². The van der Waals surface area contributed by atoms with Gasteiger partial charge in [-0.1, -0.05) is 121 Å². The van der Waals surface area contributed by atoms with E-state index >= 15 is 0 Å². The van der Waals surface area contributed by atoms with Crippen LogP contribution in [0.3, 0.4) is 0 Å². The van der Waals surface area contributed by atoms with Gasteiger partial charge in [-0.3, -0.25) is 0 Å². The zero-order valence-corrected chi connectivity index (χ0v) is 34.1. The standard InChI is InChI=1S/C56H36N2S2/c1-3-13-39(14-4-1)57(40-15-5-2-6-16-40)42-28-30-43(31-29-42)58(41-26-23-37(24-27-41)38-25-34-54-51(35-38)46-18-9-11-21-52(46)59-54)44-32-33-48-50(36-44)45-17-7-8-19-47(45)55-49-20-10-12-22-53(49)60-56(48)55/h1-36H. The summed E-state index contributed by atoms with van der Waals surface area (Å²) in [5.74, 6) is 0. The highest BCUT2D eigenvalue weighted by Crippen LogP contribution is 2.47. The summed E-state index contributed by atoms with van der Waals surface area (Å²) < 4.78 is 5.31. The number of anilines is 6. The number of nitrogens with zero attached hydrogens (tertiary/aromatic N) is 2. The first kappa shape index (κ1) is 34.8. The van der Waals surface area contributed by atoms with E-state index in [4.69, 9.17) is 0 Å². The van der Waals surface area contributed by atoms with Crippen LogP contribution in [0.4, 0.5) is 34.1 Å². The first-order valence-corrected chi connectivity index (χ1v) is 22.0. The summed E-state index contributed by atoms with van der Waals surface area (Å²) in [6.07, 6.45) is 0. The van der Waals surface area contributed by atoms with Crippen LogP contribution in [-0.2, 0) is 0 Å². The normalized spacial score (nSPS) is 11.7. The van der Waals surface area contributed by atoms with Gasteiger partial charge in [-0.2, -0.15) is 0 Å². The van der Waals surface area contributed by atoms with E-state index in [0.717, 1.165) is 34.1 Å². The van der Waals surface area contributed by atoms with Crippen LogP contribution in [0.25, 0.3) is 73.0 Å². The second-order valence-electron chi connectivity index (χ2n) is 15.3. The average molecular weight is 801 g/mol. The first-order valence-electron chi connectivity index (χ1n) is 20.3. The lowest BCUT2D eigenvalue weighted by Gasteiger charge is -2.28. The van der Waals surface area contributed by atoms with Gasteiger partial charge in [0.1, 0.15) is 0 Å². The summed E-state index contributed by atoms with van der Waals surface area (Å²) in [5.41, 5.74) is 9.05. The third kappa shape index (κ3) is 5.76. The van der Waals surface area contributed by atoms with Crippen molar-refractivity contribution in [3.05, 3.63) is 218 Å². The minimum atomic E-state index is 1.09. The van der Waals surface area contributed by atoms with Gasteiger partial charge in [0.05, 0.1) is 0 Å². The number of thiophene rings is 2. The number of hydrogen-bond acceptors (Lipinski definition) is 4. The summed E-state index contributed by atoms with van der Waals surface area (Å²) in [7, 11) is 0. The fourth-order valence-corrected chi connectivity index (χ4v) is 11.4. The van der Waals surface area contributed by atoms with Crippen LogP contribution >= 0.6 is 22.7 Å². The molecule has 0 fully saturated rings. The van der Waals surface area contributed by atoms with Crippen molar-refractivity contribution in [2.75, 3.05) is 9.80 Å². The van der Waals surface area contributed by atoms with Gasteiger partial charge in [0, 0.05) is 79.9 Å². The molecule has 0 unspecified atom stereocenters. The maximum Gasteiger partial charge on any atom is 0.0468 e. The van der Waals surface area contributed by atoms with Crippen molar-refractivity contribution in [1.82, 2.24) is 0 Å². The van der Waals surface area contributed by atoms with E-state index in [0.29, 0.717) is 0 Å². The molecule has 4 heteroatoms. The summed E-state index contributed by atoms with van der Waals surface area (Å²) in [5, 5.41) is 10.4. The Morgan fingerprint density at radius 3 is 1.38 bits per heavy atom. The minimum absolute atomic E-state index is 1.09. The predicted octanol–water partition coefficient (Wildman–Crippen LogP) is 17.3. The Morgan fingerprint density at radius 1 is 0.250 bits per heavy atom. The van der Waals surface area contributed by atoms with Gasteiger partial charge in [0.25, 0.3) is 0 Å². The zero-order valence-electron chi connectivity index (χ0n) is 32.5. The van der Waals surface area contributed by atoms with Gasteiger partial charge >= 0.3 is 0 Å². The summed E-state index contributed by atoms with van der Waals surface area (Å²) >= 11 is 3.76. The van der Waals surface area contributed by atoms with Crippen molar-refractivity contribution >= 4 is 119 Å². The topological polar surface area (TPSA) is 6.48 Å². The lowest BCUT2D eigenvalue weighted by molar-refractivity contribution is 1.26. The molecule has 0 aliphatic carbocycles. The number of rotatable bonds is 7. The fraction of sp³-hybridized carbons (Fsp3) is 0. The molecule has 0 aliphatic heterocycles. The number of hydrogen-bond donors (Lipinski definition) is 0. The summed E-state index contributed by atoms with van der Waals surface area (Å²) in [4.78, 5) is 4.72. The van der Waals surface area contributed by atoms with Crippen molar-refractivity contribution in [3.8, 4) is 11.1 Å². The van der Waals surface area contributed by atoms with Crippen molar-refractivity contribution in [3.63, 3.8) is 0 Å². The Kier molecular flexibility index (Phi) is 8.25. The number of benzene rings is 10. The lowest BCUT2D eigenvalue weighted by atomic mass is 9.96. The van der Waals surface area contributed by atoms with E-state index < -0.39 is 0 Å². The van der Waals surface area contributed by atoms with Gasteiger partial charge in [-0.25, -0.2) is 0 Å². The molecule has 0 spiro atoms. The monoisotopic (exact) mass is 800 g/mol. The molecule has 282 valence electrons. The van der Waals surface area contributed by atoms with E-state index in [1.54, 1.807) is 0 Å². The highest BCUT2D eigenvalue weighted by atomic mass is 32.1. The highest BCUT2D eigenvalue weighted by Gasteiger charge is 2.19. The Bertz CT molecular complexity index is 3490. The third-order valence-corrected chi connectivity index (χ3v) is 14.2. The molecule has 2 heterocycles. The van der Waals surface area contributed by atoms with Crippen LogP contribution in [0, 0.1) is 0 Å². The van der Waals surface area contributed by atoms with Gasteiger partial charge in [0.2, 0.25) is 0 Å². The quantitative estimate of drug-likeness (QED) is 0.148. The van der Waals surface area contributed by atoms with E-state index in [2.05, 4.69) is 228 Å². The highest BCUT2D eigenvalue weighted by molar-refractivity contribution is 7.27. The Hall–Kier alpha value is -7.24. The summed E-state index contributed by atoms with van der Waals surface area (Å²) in [6, 6.07) is 79.7. The van der Waals surface area contributed by atoms with Crippen molar-refractivity contribution in [2.24, 2.45) is 0 Å². The Morgan fingerprint density at radius 2 is 0.717 bits per heavy atom. The molecule has 10 aromatic carbocycles. The smallest absolute Gasteiger partial charge is 0.0468 e.